The Kier molecular flexibility index (Phi) is 5.79. The fourth-order valence-corrected chi connectivity index (χ4v) is 3.07. The molecule has 118 valence electrons. The summed E-state index contributed by atoms with van der Waals surface area (Å²) >= 11 is 0. The molecule has 0 radical (unpaired) electrons. The van der Waals surface area contributed by atoms with Gasteiger partial charge in [0, 0.05) is 39.0 Å². The van der Waals surface area contributed by atoms with E-state index in [1.807, 2.05) is 24.3 Å². The van der Waals surface area contributed by atoms with Crippen LogP contribution in [0.2, 0.25) is 0 Å². The van der Waals surface area contributed by atoms with Crippen molar-refractivity contribution in [3.05, 3.63) is 18.2 Å². The third-order valence-electron chi connectivity index (χ3n) is 4.41. The van der Waals surface area contributed by atoms with Crippen LogP contribution in [0, 0.1) is 5.92 Å². The van der Waals surface area contributed by atoms with E-state index in [4.69, 9.17) is 5.73 Å². The van der Waals surface area contributed by atoms with Crippen LogP contribution >= 0.6 is 0 Å². The van der Waals surface area contributed by atoms with Gasteiger partial charge in [0.25, 0.3) is 0 Å². The van der Waals surface area contributed by atoms with Crippen LogP contribution in [-0.2, 0) is 18.3 Å². The van der Waals surface area contributed by atoms with Crippen molar-refractivity contribution in [1.29, 1.82) is 0 Å². The summed E-state index contributed by atoms with van der Waals surface area (Å²) < 4.78 is 2.06. The maximum Gasteiger partial charge on any atom is 0.239 e. The molecule has 1 aromatic rings. The van der Waals surface area contributed by atoms with Gasteiger partial charge in [-0.2, -0.15) is 0 Å². The van der Waals surface area contributed by atoms with E-state index in [1.54, 1.807) is 0 Å². The van der Waals surface area contributed by atoms with Crippen molar-refractivity contribution in [2.45, 2.75) is 51.5 Å². The number of amides is 1. The number of unbranched alkanes of at least 4 members (excludes halogenated alkanes) is 1. The molecule has 1 aliphatic rings. The number of nitrogens with zero attached hydrogens (tertiary/aromatic N) is 3. The molecule has 0 aliphatic carbocycles. The van der Waals surface area contributed by atoms with Gasteiger partial charge in [-0.3, -0.25) is 4.79 Å². The van der Waals surface area contributed by atoms with Crippen LogP contribution in [0.4, 0.5) is 0 Å². The highest BCUT2D eigenvalue weighted by Gasteiger charge is 2.27. The van der Waals surface area contributed by atoms with Gasteiger partial charge in [-0.1, -0.05) is 19.8 Å². The van der Waals surface area contributed by atoms with Crippen molar-refractivity contribution in [2.75, 3.05) is 13.1 Å². The summed E-state index contributed by atoms with van der Waals surface area (Å²) in [4.78, 5) is 18.8. The fourth-order valence-electron chi connectivity index (χ4n) is 3.07. The van der Waals surface area contributed by atoms with Crippen molar-refractivity contribution in [2.24, 2.45) is 18.7 Å². The van der Waals surface area contributed by atoms with Gasteiger partial charge in [-0.05, 0) is 25.2 Å². The lowest BCUT2D eigenvalue weighted by molar-refractivity contribution is -0.134. The topological polar surface area (TPSA) is 64.2 Å². The van der Waals surface area contributed by atoms with Crippen molar-refractivity contribution < 1.29 is 4.79 Å². The Bertz CT molecular complexity index is 457. The molecule has 0 bridgehead atoms. The molecule has 5 heteroatoms. The van der Waals surface area contributed by atoms with E-state index in [1.165, 1.54) is 6.42 Å². The quantitative estimate of drug-likeness (QED) is 0.868. The van der Waals surface area contributed by atoms with Crippen LogP contribution < -0.4 is 5.73 Å². The molecule has 2 heterocycles. The summed E-state index contributed by atoms with van der Waals surface area (Å²) in [5.74, 6) is 1.74. The summed E-state index contributed by atoms with van der Waals surface area (Å²) in [5, 5.41) is 0. The third-order valence-corrected chi connectivity index (χ3v) is 4.41. The van der Waals surface area contributed by atoms with E-state index in [0.717, 1.165) is 51.0 Å². The highest BCUT2D eigenvalue weighted by Crippen LogP contribution is 2.21. The lowest BCUT2D eigenvalue weighted by Gasteiger charge is -2.34. The van der Waals surface area contributed by atoms with E-state index >= 15 is 0 Å². The molecule has 1 amide bonds. The molecule has 0 aromatic carbocycles. The maximum absolute atomic E-state index is 12.4. The summed E-state index contributed by atoms with van der Waals surface area (Å²) in [6.45, 7) is 3.81. The maximum atomic E-state index is 12.4. The minimum Gasteiger partial charge on any atom is -0.341 e. The first-order valence-corrected chi connectivity index (χ1v) is 8.12. The van der Waals surface area contributed by atoms with Gasteiger partial charge in [0.05, 0.1) is 6.04 Å². The molecule has 1 aromatic heterocycles. The molecule has 1 saturated heterocycles. The molecule has 21 heavy (non-hydrogen) atoms. The highest BCUT2D eigenvalue weighted by atomic mass is 16.2. The Morgan fingerprint density at radius 2 is 2.38 bits per heavy atom. The second-order valence-corrected chi connectivity index (χ2v) is 6.20. The zero-order valence-corrected chi connectivity index (χ0v) is 13.3. The number of aryl methyl sites for hydroxylation is 1. The van der Waals surface area contributed by atoms with Crippen LogP contribution in [0.15, 0.2) is 12.4 Å². The predicted molar refractivity (Wildman–Crippen MR) is 83.7 cm³/mol. The number of carbonyl (C=O) groups is 1. The van der Waals surface area contributed by atoms with Gasteiger partial charge >= 0.3 is 0 Å². The minimum absolute atomic E-state index is 0.132. The van der Waals surface area contributed by atoms with Crippen LogP contribution in [0.5, 0.6) is 0 Å². The van der Waals surface area contributed by atoms with E-state index < -0.39 is 0 Å². The van der Waals surface area contributed by atoms with Gasteiger partial charge in [0.2, 0.25) is 5.91 Å². The van der Waals surface area contributed by atoms with E-state index in [9.17, 15) is 4.79 Å². The van der Waals surface area contributed by atoms with Gasteiger partial charge in [0.1, 0.15) is 5.82 Å². The molecule has 0 spiro atoms. The standard InChI is InChI=1S/C16H28N4O/c1-3-4-7-14(17)16(21)20-9-5-6-13(12-20)11-15-18-8-10-19(15)2/h8,10,13-14H,3-7,9,11-12,17H2,1-2H3. The van der Waals surface area contributed by atoms with Crippen LogP contribution in [-0.4, -0.2) is 39.5 Å². The smallest absolute Gasteiger partial charge is 0.239 e. The predicted octanol–water partition coefficient (Wildman–Crippen LogP) is 1.72. The lowest BCUT2D eigenvalue weighted by Crippen LogP contribution is -2.48. The van der Waals surface area contributed by atoms with Crippen molar-refractivity contribution in [1.82, 2.24) is 14.5 Å². The van der Waals surface area contributed by atoms with Crippen LogP contribution in [0.25, 0.3) is 0 Å². The summed E-state index contributed by atoms with van der Waals surface area (Å²) in [6.07, 6.45) is 9.90. The van der Waals surface area contributed by atoms with Crippen molar-refractivity contribution in [3.63, 3.8) is 0 Å². The Balaban J connectivity index is 1.88. The summed E-state index contributed by atoms with van der Waals surface area (Å²) in [7, 11) is 2.02. The minimum atomic E-state index is -0.322. The Morgan fingerprint density at radius 1 is 1.57 bits per heavy atom. The van der Waals surface area contributed by atoms with Gasteiger partial charge < -0.3 is 15.2 Å². The zero-order valence-electron chi connectivity index (χ0n) is 13.3. The second-order valence-electron chi connectivity index (χ2n) is 6.20. The number of imidazole rings is 1. The zero-order chi connectivity index (χ0) is 15.2. The molecule has 5 nitrogen and oxygen atoms in total. The molecular weight excluding hydrogens is 264 g/mol. The Morgan fingerprint density at radius 3 is 3.05 bits per heavy atom. The molecular formula is C16H28N4O. The van der Waals surface area contributed by atoms with Crippen molar-refractivity contribution >= 4 is 5.91 Å². The monoisotopic (exact) mass is 292 g/mol. The van der Waals surface area contributed by atoms with Gasteiger partial charge in [-0.15, -0.1) is 0 Å². The Hall–Kier alpha value is -1.36. The lowest BCUT2D eigenvalue weighted by atomic mass is 9.93. The number of piperidine rings is 1. The second kappa shape index (κ2) is 7.59. The van der Waals surface area contributed by atoms with Gasteiger partial charge in [-0.25, -0.2) is 4.98 Å². The molecule has 1 fully saturated rings. The number of rotatable bonds is 6. The third kappa shape index (κ3) is 4.30. The summed E-state index contributed by atoms with van der Waals surface area (Å²) in [5.41, 5.74) is 6.03. The number of nitrogens with two attached hydrogens (primary N) is 1. The summed E-state index contributed by atoms with van der Waals surface area (Å²) in [6, 6.07) is -0.322. The van der Waals surface area contributed by atoms with E-state index in [2.05, 4.69) is 16.5 Å². The van der Waals surface area contributed by atoms with Gasteiger partial charge in [0.15, 0.2) is 0 Å². The average Bonchev–Trinajstić information content (AvgIpc) is 2.89. The molecule has 2 N–H and O–H groups in total. The first-order chi connectivity index (χ1) is 10.1. The molecule has 0 saturated carbocycles. The first kappa shape index (κ1) is 16.0. The molecule has 2 atom stereocenters. The normalized spacial score (nSPS) is 20.5. The number of aromatic nitrogens is 2. The van der Waals surface area contributed by atoms with Crippen LogP contribution in [0.3, 0.4) is 0 Å². The molecule has 2 unspecified atom stereocenters. The SMILES string of the molecule is CCCCC(N)C(=O)N1CCCC(Cc2nccn2C)C1. The van der Waals surface area contributed by atoms with E-state index in [0.29, 0.717) is 5.92 Å². The molecule has 2 rings (SSSR count). The fraction of sp³-hybridized carbons (Fsp3) is 0.750. The Labute approximate surface area is 127 Å². The first-order valence-electron chi connectivity index (χ1n) is 8.12. The number of hydrogen-bond acceptors (Lipinski definition) is 3. The highest BCUT2D eigenvalue weighted by molar-refractivity contribution is 5.81. The van der Waals surface area contributed by atoms with Crippen molar-refractivity contribution in [3.8, 4) is 0 Å². The number of likely N-dealkylation sites (tertiary alicyclic amines) is 1. The number of carbonyl (C=O) groups excluding carboxylic acids is 1. The largest absolute Gasteiger partial charge is 0.341 e. The van der Waals surface area contributed by atoms with E-state index in [-0.39, 0.29) is 11.9 Å². The van der Waals surface area contributed by atoms with Crippen LogP contribution in [0.1, 0.15) is 44.9 Å². The molecule has 1 aliphatic heterocycles. The average molecular weight is 292 g/mol. The number of hydrogen-bond donors (Lipinski definition) is 1.